The molecule has 0 saturated carbocycles. The van der Waals surface area contributed by atoms with Crippen LogP contribution in [0.15, 0.2) is 33.3 Å². The van der Waals surface area contributed by atoms with Crippen LogP contribution < -0.4 is 10.1 Å². The number of rotatable bonds is 5. The first-order chi connectivity index (χ1) is 9.62. The normalized spacial score (nSPS) is 10.4. The number of aromatic nitrogens is 2. The summed E-state index contributed by atoms with van der Waals surface area (Å²) in [6.45, 7) is 2.11. The van der Waals surface area contributed by atoms with Crippen molar-refractivity contribution in [3.05, 3.63) is 39.2 Å². The SMILES string of the molecule is CCCc1nc(Br)cc(Nc2cc(OC)ccc2Br)n1. The first kappa shape index (κ1) is 15.3. The summed E-state index contributed by atoms with van der Waals surface area (Å²) in [4.78, 5) is 8.85. The summed E-state index contributed by atoms with van der Waals surface area (Å²) in [5.74, 6) is 2.37. The van der Waals surface area contributed by atoms with Crippen LogP contribution in [0.25, 0.3) is 0 Å². The number of benzene rings is 1. The fraction of sp³-hybridized carbons (Fsp3) is 0.286. The van der Waals surface area contributed by atoms with Crippen molar-refractivity contribution in [2.75, 3.05) is 12.4 Å². The molecule has 106 valence electrons. The van der Waals surface area contributed by atoms with Crippen molar-refractivity contribution < 1.29 is 4.74 Å². The van der Waals surface area contributed by atoms with Crippen molar-refractivity contribution in [1.82, 2.24) is 9.97 Å². The average molecular weight is 401 g/mol. The molecule has 0 amide bonds. The van der Waals surface area contributed by atoms with E-state index in [1.54, 1.807) is 7.11 Å². The molecule has 1 aromatic heterocycles. The summed E-state index contributed by atoms with van der Waals surface area (Å²) in [5, 5.41) is 3.28. The van der Waals surface area contributed by atoms with Crippen LogP contribution in [0.4, 0.5) is 11.5 Å². The van der Waals surface area contributed by atoms with E-state index >= 15 is 0 Å². The molecule has 0 fully saturated rings. The first-order valence-electron chi connectivity index (χ1n) is 6.26. The van der Waals surface area contributed by atoms with Gasteiger partial charge in [0, 0.05) is 23.0 Å². The smallest absolute Gasteiger partial charge is 0.135 e. The highest BCUT2D eigenvalue weighted by atomic mass is 79.9. The van der Waals surface area contributed by atoms with Crippen LogP contribution in [0, 0.1) is 0 Å². The van der Waals surface area contributed by atoms with Crippen LogP contribution in [-0.4, -0.2) is 17.1 Å². The highest BCUT2D eigenvalue weighted by Crippen LogP contribution is 2.29. The minimum Gasteiger partial charge on any atom is -0.497 e. The molecular formula is C14H15Br2N3O. The summed E-state index contributed by atoms with van der Waals surface area (Å²) in [7, 11) is 1.65. The summed E-state index contributed by atoms with van der Waals surface area (Å²) in [5.41, 5.74) is 0.900. The van der Waals surface area contributed by atoms with Gasteiger partial charge in [-0.1, -0.05) is 6.92 Å². The van der Waals surface area contributed by atoms with Crippen LogP contribution in [0.5, 0.6) is 5.75 Å². The Hall–Kier alpha value is -1.14. The second-order valence-corrected chi connectivity index (χ2v) is 5.88. The standard InChI is InChI=1S/C14H15Br2N3O/c1-3-4-13-18-12(16)8-14(19-13)17-11-7-9(20-2)5-6-10(11)15/h5-8H,3-4H2,1-2H3,(H,17,18,19). The second-order valence-electron chi connectivity index (χ2n) is 4.21. The van der Waals surface area contributed by atoms with Crippen LogP contribution in [-0.2, 0) is 6.42 Å². The van der Waals surface area contributed by atoms with Gasteiger partial charge >= 0.3 is 0 Å². The lowest BCUT2D eigenvalue weighted by Gasteiger charge is -2.11. The molecule has 0 unspecified atom stereocenters. The van der Waals surface area contributed by atoms with E-state index in [1.165, 1.54) is 0 Å². The van der Waals surface area contributed by atoms with E-state index in [-0.39, 0.29) is 0 Å². The molecule has 1 aromatic carbocycles. The van der Waals surface area contributed by atoms with E-state index in [0.29, 0.717) is 0 Å². The van der Waals surface area contributed by atoms with Gasteiger partial charge in [0.15, 0.2) is 0 Å². The van der Waals surface area contributed by atoms with Crippen molar-refractivity contribution in [1.29, 1.82) is 0 Å². The van der Waals surface area contributed by atoms with Gasteiger partial charge in [0.2, 0.25) is 0 Å². The van der Waals surface area contributed by atoms with E-state index in [4.69, 9.17) is 4.74 Å². The van der Waals surface area contributed by atoms with Crippen molar-refractivity contribution in [3.8, 4) is 5.75 Å². The second kappa shape index (κ2) is 7.04. The highest BCUT2D eigenvalue weighted by Gasteiger charge is 2.06. The molecular weight excluding hydrogens is 386 g/mol. The van der Waals surface area contributed by atoms with Crippen molar-refractivity contribution in [2.24, 2.45) is 0 Å². The monoisotopic (exact) mass is 399 g/mol. The Bertz CT molecular complexity index is 605. The minimum atomic E-state index is 0.754. The molecule has 2 aromatic rings. The van der Waals surface area contributed by atoms with Crippen molar-refractivity contribution in [2.45, 2.75) is 19.8 Å². The summed E-state index contributed by atoms with van der Waals surface area (Å²) in [6.07, 6.45) is 1.87. The van der Waals surface area contributed by atoms with Gasteiger partial charge in [-0.15, -0.1) is 0 Å². The summed E-state index contributed by atoms with van der Waals surface area (Å²) in [6, 6.07) is 7.60. The lowest BCUT2D eigenvalue weighted by atomic mass is 10.3. The van der Waals surface area contributed by atoms with E-state index in [2.05, 4.69) is 54.1 Å². The average Bonchev–Trinajstić information content (AvgIpc) is 2.41. The van der Waals surface area contributed by atoms with Gasteiger partial charge in [-0.25, -0.2) is 9.97 Å². The lowest BCUT2D eigenvalue weighted by Crippen LogP contribution is -2.01. The fourth-order valence-electron chi connectivity index (χ4n) is 1.73. The topological polar surface area (TPSA) is 47.0 Å². The number of halogens is 2. The van der Waals surface area contributed by atoms with Crippen molar-refractivity contribution >= 4 is 43.4 Å². The van der Waals surface area contributed by atoms with Gasteiger partial charge < -0.3 is 10.1 Å². The van der Waals surface area contributed by atoms with Gasteiger partial charge in [-0.3, -0.25) is 0 Å². The summed E-state index contributed by atoms with van der Waals surface area (Å²) < 4.78 is 6.96. The Morgan fingerprint density at radius 2 is 2.00 bits per heavy atom. The number of nitrogens with one attached hydrogen (secondary N) is 1. The molecule has 0 aliphatic rings. The highest BCUT2D eigenvalue weighted by molar-refractivity contribution is 9.10. The van der Waals surface area contributed by atoms with Crippen molar-refractivity contribution in [3.63, 3.8) is 0 Å². The molecule has 0 aliphatic carbocycles. The molecule has 0 saturated heterocycles. The van der Waals surface area contributed by atoms with Gasteiger partial charge in [0.25, 0.3) is 0 Å². The van der Waals surface area contributed by atoms with E-state index in [0.717, 1.165) is 45.0 Å². The number of methoxy groups -OCH3 is 1. The van der Waals surface area contributed by atoms with Crippen LogP contribution in [0.3, 0.4) is 0 Å². The van der Waals surface area contributed by atoms with Gasteiger partial charge in [0.05, 0.1) is 12.8 Å². The largest absolute Gasteiger partial charge is 0.497 e. The molecule has 0 bridgehead atoms. The number of aryl methyl sites for hydroxylation is 1. The summed E-state index contributed by atoms with van der Waals surface area (Å²) >= 11 is 6.93. The lowest BCUT2D eigenvalue weighted by molar-refractivity contribution is 0.415. The predicted molar refractivity (Wildman–Crippen MR) is 87.7 cm³/mol. The molecule has 1 heterocycles. The predicted octanol–water partition coefficient (Wildman–Crippen LogP) is 4.71. The van der Waals surface area contributed by atoms with Gasteiger partial charge in [-0.2, -0.15) is 0 Å². The first-order valence-corrected chi connectivity index (χ1v) is 7.85. The number of hydrogen-bond donors (Lipinski definition) is 1. The number of anilines is 2. The quantitative estimate of drug-likeness (QED) is 0.738. The van der Waals surface area contributed by atoms with E-state index < -0.39 is 0 Å². The third-order valence-electron chi connectivity index (χ3n) is 2.65. The van der Waals surface area contributed by atoms with E-state index in [9.17, 15) is 0 Å². The molecule has 2 rings (SSSR count). The van der Waals surface area contributed by atoms with Crippen LogP contribution in [0.1, 0.15) is 19.2 Å². The van der Waals surface area contributed by atoms with Crippen LogP contribution in [0.2, 0.25) is 0 Å². The third-order valence-corrected chi connectivity index (χ3v) is 3.75. The molecule has 0 atom stereocenters. The number of ether oxygens (including phenoxy) is 1. The Morgan fingerprint density at radius 1 is 1.20 bits per heavy atom. The zero-order valence-electron chi connectivity index (χ0n) is 11.3. The van der Waals surface area contributed by atoms with Gasteiger partial charge in [0.1, 0.15) is 22.0 Å². The third kappa shape index (κ3) is 3.93. The Kier molecular flexibility index (Phi) is 5.37. The molecule has 0 aliphatic heterocycles. The zero-order valence-corrected chi connectivity index (χ0v) is 14.5. The fourth-order valence-corrected chi connectivity index (χ4v) is 2.50. The maximum absolute atomic E-state index is 5.23. The Labute approximate surface area is 135 Å². The number of hydrogen-bond acceptors (Lipinski definition) is 4. The minimum absolute atomic E-state index is 0.754. The zero-order chi connectivity index (χ0) is 14.5. The molecule has 20 heavy (non-hydrogen) atoms. The molecule has 1 N–H and O–H groups in total. The molecule has 6 heteroatoms. The van der Waals surface area contributed by atoms with Gasteiger partial charge in [-0.05, 0) is 50.4 Å². The maximum atomic E-state index is 5.23. The Morgan fingerprint density at radius 3 is 2.70 bits per heavy atom. The number of nitrogens with zero attached hydrogens (tertiary/aromatic N) is 2. The van der Waals surface area contributed by atoms with Crippen LogP contribution >= 0.6 is 31.9 Å². The Balaban J connectivity index is 2.29. The molecule has 0 spiro atoms. The molecule has 0 radical (unpaired) electrons. The molecule has 4 nitrogen and oxygen atoms in total. The van der Waals surface area contributed by atoms with E-state index in [1.807, 2.05) is 24.3 Å². The maximum Gasteiger partial charge on any atom is 0.135 e.